The van der Waals surface area contributed by atoms with E-state index in [1.165, 1.54) is 0 Å². The van der Waals surface area contributed by atoms with Crippen LogP contribution in [0.4, 0.5) is 0 Å². The highest BCUT2D eigenvalue weighted by Gasteiger charge is 2.41. The summed E-state index contributed by atoms with van der Waals surface area (Å²) in [5.74, 6) is -1.63. The average molecular weight is 446 g/mol. The number of esters is 3. The Labute approximate surface area is 190 Å². The zero-order valence-electron chi connectivity index (χ0n) is 17.7. The first-order valence-electron chi connectivity index (χ1n) is 10.5. The molecule has 4 rings (SSSR count). The van der Waals surface area contributed by atoms with Gasteiger partial charge in [-0.05, 0) is 36.4 Å². The lowest BCUT2D eigenvalue weighted by molar-refractivity contribution is -0.117. The molecule has 3 aromatic carbocycles. The van der Waals surface area contributed by atoms with Gasteiger partial charge in [0.1, 0.15) is 18.8 Å². The highest BCUT2D eigenvalue weighted by molar-refractivity contribution is 5.90. The minimum absolute atomic E-state index is 0.116. The summed E-state index contributed by atoms with van der Waals surface area (Å²) in [6, 6.07) is 25.5. The van der Waals surface area contributed by atoms with Gasteiger partial charge >= 0.3 is 17.9 Å². The van der Waals surface area contributed by atoms with Crippen molar-refractivity contribution in [3.05, 3.63) is 108 Å². The Morgan fingerprint density at radius 1 is 0.667 bits per heavy atom. The van der Waals surface area contributed by atoms with E-state index in [1.807, 2.05) is 0 Å². The lowest BCUT2D eigenvalue weighted by atomic mass is 10.1. The molecule has 0 bridgehead atoms. The van der Waals surface area contributed by atoms with Crippen LogP contribution in [0.25, 0.3) is 0 Å². The normalized spacial score (nSPS) is 19.5. The number of hydrogen-bond acceptors (Lipinski definition) is 7. The van der Waals surface area contributed by atoms with E-state index in [9.17, 15) is 14.4 Å². The molecule has 0 saturated carbocycles. The molecule has 1 heterocycles. The van der Waals surface area contributed by atoms with Crippen LogP contribution in [0.2, 0.25) is 0 Å². The number of carbonyl (C=O) groups excluding carboxylic acids is 3. The smallest absolute Gasteiger partial charge is 0.340 e. The molecule has 0 amide bonds. The zero-order valence-corrected chi connectivity index (χ0v) is 17.7. The van der Waals surface area contributed by atoms with E-state index >= 15 is 0 Å². The Kier molecular flexibility index (Phi) is 7.12. The SMILES string of the molecule is O=C(OC[C@H]1O[C@@H](OC(=O)c2ccccc2)C[C@@H]1OC(=O)c1ccccc1)c1ccccc1. The molecule has 0 radical (unpaired) electrons. The fourth-order valence-electron chi connectivity index (χ4n) is 3.38. The van der Waals surface area contributed by atoms with E-state index in [0.717, 1.165) is 0 Å². The van der Waals surface area contributed by atoms with Gasteiger partial charge in [0.2, 0.25) is 6.29 Å². The van der Waals surface area contributed by atoms with Gasteiger partial charge in [-0.15, -0.1) is 0 Å². The molecule has 0 spiro atoms. The van der Waals surface area contributed by atoms with Gasteiger partial charge in [-0.3, -0.25) is 0 Å². The number of benzene rings is 3. The van der Waals surface area contributed by atoms with Gasteiger partial charge in [-0.1, -0.05) is 54.6 Å². The monoisotopic (exact) mass is 446 g/mol. The van der Waals surface area contributed by atoms with Crippen molar-refractivity contribution in [3.63, 3.8) is 0 Å². The maximum absolute atomic E-state index is 12.6. The third kappa shape index (κ3) is 5.84. The quantitative estimate of drug-likeness (QED) is 0.400. The first kappa shape index (κ1) is 22.2. The Hall–Kier alpha value is -3.97. The van der Waals surface area contributed by atoms with E-state index in [-0.39, 0.29) is 13.0 Å². The molecule has 7 nitrogen and oxygen atoms in total. The van der Waals surface area contributed by atoms with Crippen LogP contribution in [-0.4, -0.2) is 43.0 Å². The number of hydrogen-bond donors (Lipinski definition) is 0. The first-order chi connectivity index (χ1) is 16.1. The van der Waals surface area contributed by atoms with Crippen molar-refractivity contribution in [2.75, 3.05) is 6.61 Å². The van der Waals surface area contributed by atoms with Gasteiger partial charge in [0, 0.05) is 0 Å². The largest absolute Gasteiger partial charge is 0.459 e. The first-order valence-corrected chi connectivity index (χ1v) is 10.5. The maximum atomic E-state index is 12.6. The number of ether oxygens (including phenoxy) is 4. The van der Waals surface area contributed by atoms with E-state index in [1.54, 1.807) is 91.0 Å². The van der Waals surface area contributed by atoms with E-state index in [0.29, 0.717) is 16.7 Å². The van der Waals surface area contributed by atoms with Crippen LogP contribution in [-0.2, 0) is 18.9 Å². The molecule has 1 saturated heterocycles. The third-order valence-electron chi connectivity index (χ3n) is 5.07. The summed E-state index contributed by atoms with van der Waals surface area (Å²) in [6.07, 6.45) is -2.40. The van der Waals surface area contributed by atoms with Crippen LogP contribution in [0.15, 0.2) is 91.0 Å². The predicted molar refractivity (Wildman–Crippen MR) is 118 cm³/mol. The van der Waals surface area contributed by atoms with Crippen LogP contribution in [0.5, 0.6) is 0 Å². The summed E-state index contributed by atoms with van der Waals surface area (Å²) in [7, 11) is 0. The van der Waals surface area contributed by atoms with Gasteiger partial charge in [-0.2, -0.15) is 0 Å². The molecular formula is C26H22O7. The highest BCUT2D eigenvalue weighted by Crippen LogP contribution is 2.27. The van der Waals surface area contributed by atoms with E-state index in [4.69, 9.17) is 18.9 Å². The Balaban J connectivity index is 1.43. The lowest BCUT2D eigenvalue weighted by Gasteiger charge is -2.18. The fraction of sp³-hybridized carbons (Fsp3) is 0.192. The van der Waals surface area contributed by atoms with Crippen molar-refractivity contribution < 1.29 is 33.3 Å². The summed E-state index contributed by atoms with van der Waals surface area (Å²) in [6.45, 7) is -0.167. The summed E-state index contributed by atoms with van der Waals surface area (Å²) < 4.78 is 22.2. The van der Waals surface area contributed by atoms with Crippen molar-refractivity contribution in [1.29, 1.82) is 0 Å². The lowest BCUT2D eigenvalue weighted by Crippen LogP contribution is -2.32. The van der Waals surface area contributed by atoms with Crippen molar-refractivity contribution >= 4 is 17.9 Å². The molecule has 7 heteroatoms. The molecule has 0 aliphatic carbocycles. The van der Waals surface area contributed by atoms with Crippen LogP contribution >= 0.6 is 0 Å². The molecule has 33 heavy (non-hydrogen) atoms. The topological polar surface area (TPSA) is 88.1 Å². The Morgan fingerprint density at radius 2 is 1.12 bits per heavy atom. The molecule has 0 N–H and O–H groups in total. The van der Waals surface area contributed by atoms with E-state index < -0.39 is 36.4 Å². The number of rotatable bonds is 7. The standard InChI is InChI=1S/C26H22O7/c27-24(18-10-4-1-5-11-18)30-17-22-21(32-25(28)19-12-6-2-7-13-19)16-23(31-22)33-26(29)20-14-8-3-9-15-20/h1-15,21-23H,16-17H2/t21-,22+,23-/m0/s1. The highest BCUT2D eigenvalue weighted by atomic mass is 16.7. The molecule has 168 valence electrons. The second-order valence-electron chi connectivity index (χ2n) is 7.39. The molecule has 1 aliphatic rings. The Morgan fingerprint density at radius 3 is 1.64 bits per heavy atom. The molecule has 3 atom stereocenters. The van der Waals surface area contributed by atoms with Crippen LogP contribution < -0.4 is 0 Å². The summed E-state index contributed by atoms with van der Waals surface area (Å²) in [4.78, 5) is 37.3. The van der Waals surface area contributed by atoms with Crippen LogP contribution in [0.1, 0.15) is 37.5 Å². The molecule has 1 fully saturated rings. The van der Waals surface area contributed by atoms with Gasteiger partial charge in [-0.25, -0.2) is 14.4 Å². The third-order valence-corrected chi connectivity index (χ3v) is 5.07. The predicted octanol–water partition coefficient (Wildman–Crippen LogP) is 4.04. The van der Waals surface area contributed by atoms with Gasteiger partial charge in [0.15, 0.2) is 0 Å². The van der Waals surface area contributed by atoms with Crippen molar-refractivity contribution in [3.8, 4) is 0 Å². The van der Waals surface area contributed by atoms with Crippen molar-refractivity contribution in [2.24, 2.45) is 0 Å². The minimum atomic E-state index is -0.952. The fourth-order valence-corrected chi connectivity index (χ4v) is 3.38. The maximum Gasteiger partial charge on any atom is 0.340 e. The zero-order chi connectivity index (χ0) is 23.0. The molecule has 1 aliphatic heterocycles. The van der Waals surface area contributed by atoms with Gasteiger partial charge in [0.05, 0.1) is 23.1 Å². The van der Waals surface area contributed by atoms with Crippen LogP contribution in [0.3, 0.4) is 0 Å². The average Bonchev–Trinajstić information content (AvgIpc) is 3.24. The second-order valence-corrected chi connectivity index (χ2v) is 7.39. The molecule has 0 aromatic heterocycles. The summed E-state index contributed by atoms with van der Waals surface area (Å²) in [5, 5.41) is 0. The Bertz CT molecular complexity index is 1080. The second kappa shape index (κ2) is 10.6. The molecular weight excluding hydrogens is 424 g/mol. The number of carbonyl (C=O) groups is 3. The summed E-state index contributed by atoms with van der Waals surface area (Å²) >= 11 is 0. The van der Waals surface area contributed by atoms with Crippen molar-refractivity contribution in [1.82, 2.24) is 0 Å². The minimum Gasteiger partial charge on any atom is -0.459 e. The molecule has 0 unspecified atom stereocenters. The molecule has 3 aromatic rings. The van der Waals surface area contributed by atoms with E-state index in [2.05, 4.69) is 0 Å². The van der Waals surface area contributed by atoms with Gasteiger partial charge in [0.25, 0.3) is 0 Å². The summed E-state index contributed by atoms with van der Waals surface area (Å²) in [5.41, 5.74) is 1.14. The van der Waals surface area contributed by atoms with Crippen LogP contribution in [0, 0.1) is 0 Å². The van der Waals surface area contributed by atoms with Crippen molar-refractivity contribution in [2.45, 2.75) is 24.9 Å². The van der Waals surface area contributed by atoms with Gasteiger partial charge < -0.3 is 18.9 Å².